The summed E-state index contributed by atoms with van der Waals surface area (Å²) in [4.78, 5) is 2.57. The Morgan fingerprint density at radius 2 is 2.00 bits per heavy atom. The van der Waals surface area contributed by atoms with Crippen LogP contribution in [0.1, 0.15) is 34.1 Å². The first kappa shape index (κ1) is 10.0. The quantitative estimate of drug-likeness (QED) is 0.592. The largest absolute Gasteiger partial charge is 0.313 e. The third-order valence-electron chi connectivity index (χ3n) is 2.54. The van der Waals surface area contributed by atoms with Gasteiger partial charge >= 0.3 is 0 Å². The summed E-state index contributed by atoms with van der Waals surface area (Å²) in [7, 11) is 0. The molecule has 0 radical (unpaired) electrons. The van der Waals surface area contributed by atoms with Gasteiger partial charge in [0, 0.05) is 18.1 Å². The van der Waals surface area contributed by atoms with Gasteiger partial charge in [0.1, 0.15) is 0 Å². The molecule has 0 aromatic carbocycles. The van der Waals surface area contributed by atoms with Crippen LogP contribution in [0.4, 0.5) is 0 Å². The second-order valence-electron chi connectivity index (χ2n) is 4.83. The Labute approximate surface area is 76.3 Å². The Balaban J connectivity index is 2.52. The van der Waals surface area contributed by atoms with E-state index in [4.69, 9.17) is 0 Å². The molecule has 72 valence electrons. The molecule has 0 spiro atoms. The molecule has 0 amide bonds. The van der Waals surface area contributed by atoms with Crippen LogP contribution in [0, 0.1) is 0 Å². The topological polar surface area (TPSA) is 15.3 Å². The average molecular weight is 170 g/mol. The Kier molecular flexibility index (Phi) is 3.13. The first-order valence-electron chi connectivity index (χ1n) is 4.98. The number of hydrogen-bond donors (Lipinski definition) is 1. The van der Waals surface area contributed by atoms with Crippen molar-refractivity contribution in [3.63, 3.8) is 0 Å². The van der Waals surface area contributed by atoms with E-state index in [-0.39, 0.29) is 0 Å². The van der Waals surface area contributed by atoms with Gasteiger partial charge in [-0.3, -0.25) is 4.90 Å². The summed E-state index contributed by atoms with van der Waals surface area (Å²) in [6.07, 6.45) is 1.28. The van der Waals surface area contributed by atoms with Crippen molar-refractivity contribution in [2.75, 3.05) is 19.6 Å². The van der Waals surface area contributed by atoms with Crippen molar-refractivity contribution in [3.05, 3.63) is 0 Å². The van der Waals surface area contributed by atoms with E-state index in [0.29, 0.717) is 11.6 Å². The molecular formula is C10H22N2. The van der Waals surface area contributed by atoms with E-state index in [2.05, 4.69) is 37.9 Å². The smallest absolute Gasteiger partial charge is 0.0166 e. The zero-order valence-electron chi connectivity index (χ0n) is 8.85. The maximum Gasteiger partial charge on any atom is 0.0166 e. The Morgan fingerprint density at radius 3 is 2.58 bits per heavy atom. The van der Waals surface area contributed by atoms with E-state index in [1.165, 1.54) is 26.1 Å². The van der Waals surface area contributed by atoms with Gasteiger partial charge in [0.2, 0.25) is 0 Å². The molecular weight excluding hydrogens is 148 g/mol. The van der Waals surface area contributed by atoms with Crippen LogP contribution in [-0.2, 0) is 0 Å². The normalized spacial score (nSPS) is 28.5. The number of nitrogens with zero attached hydrogens (tertiary/aromatic N) is 1. The summed E-state index contributed by atoms with van der Waals surface area (Å²) in [5, 5.41) is 3.50. The van der Waals surface area contributed by atoms with E-state index in [1.807, 2.05) is 0 Å². The van der Waals surface area contributed by atoms with Crippen LogP contribution >= 0.6 is 0 Å². The maximum absolute atomic E-state index is 3.50. The predicted molar refractivity (Wildman–Crippen MR) is 53.4 cm³/mol. The van der Waals surface area contributed by atoms with Gasteiger partial charge in [0.25, 0.3) is 0 Å². The van der Waals surface area contributed by atoms with Gasteiger partial charge in [0.05, 0.1) is 0 Å². The fourth-order valence-electron chi connectivity index (χ4n) is 1.71. The highest BCUT2D eigenvalue weighted by molar-refractivity contribution is 4.82. The van der Waals surface area contributed by atoms with E-state index < -0.39 is 0 Å². The summed E-state index contributed by atoms with van der Waals surface area (Å²) >= 11 is 0. The van der Waals surface area contributed by atoms with Gasteiger partial charge < -0.3 is 5.32 Å². The zero-order valence-corrected chi connectivity index (χ0v) is 8.85. The molecule has 0 aliphatic carbocycles. The van der Waals surface area contributed by atoms with Crippen molar-refractivity contribution in [1.82, 2.24) is 10.2 Å². The molecule has 2 nitrogen and oxygen atoms in total. The Bertz CT molecular complexity index is 137. The van der Waals surface area contributed by atoms with Crippen LogP contribution < -0.4 is 5.32 Å². The minimum Gasteiger partial charge on any atom is -0.313 e. The van der Waals surface area contributed by atoms with Crippen LogP contribution in [0.5, 0.6) is 0 Å². The highest BCUT2D eigenvalue weighted by Gasteiger charge is 2.23. The van der Waals surface area contributed by atoms with Crippen LogP contribution in [0.15, 0.2) is 0 Å². The molecule has 1 fully saturated rings. The molecule has 12 heavy (non-hydrogen) atoms. The van der Waals surface area contributed by atoms with Gasteiger partial charge in [-0.1, -0.05) is 0 Å². The fourth-order valence-corrected chi connectivity index (χ4v) is 1.71. The van der Waals surface area contributed by atoms with Crippen molar-refractivity contribution in [3.8, 4) is 0 Å². The van der Waals surface area contributed by atoms with Crippen molar-refractivity contribution < 1.29 is 0 Å². The summed E-state index contributed by atoms with van der Waals surface area (Å²) in [5.41, 5.74) is 0.334. The minimum absolute atomic E-state index is 0.334. The molecule has 0 unspecified atom stereocenters. The number of rotatable bonds is 0. The van der Waals surface area contributed by atoms with Crippen molar-refractivity contribution >= 4 is 0 Å². The van der Waals surface area contributed by atoms with E-state index >= 15 is 0 Å². The highest BCUT2D eigenvalue weighted by Crippen LogP contribution is 2.15. The SMILES string of the molecule is C[C@H]1CN(C(C)(C)C)CCCN1. The first-order valence-corrected chi connectivity index (χ1v) is 4.98. The molecule has 1 atom stereocenters. The van der Waals surface area contributed by atoms with Gasteiger partial charge in [-0.25, -0.2) is 0 Å². The summed E-state index contributed by atoms with van der Waals surface area (Å²) < 4.78 is 0. The summed E-state index contributed by atoms with van der Waals surface area (Å²) in [6, 6.07) is 0.645. The third kappa shape index (κ3) is 2.76. The molecule has 1 heterocycles. The zero-order chi connectivity index (χ0) is 9.19. The lowest BCUT2D eigenvalue weighted by Gasteiger charge is -2.35. The van der Waals surface area contributed by atoms with E-state index in [0.717, 1.165) is 0 Å². The molecule has 0 bridgehead atoms. The molecule has 0 aromatic heterocycles. The minimum atomic E-state index is 0.334. The Morgan fingerprint density at radius 1 is 1.33 bits per heavy atom. The second kappa shape index (κ2) is 3.75. The lowest BCUT2D eigenvalue weighted by atomic mass is 10.1. The first-order chi connectivity index (χ1) is 5.50. The average Bonchev–Trinajstić information content (AvgIpc) is 2.11. The number of nitrogens with one attached hydrogen (secondary N) is 1. The van der Waals surface area contributed by atoms with Crippen molar-refractivity contribution in [1.29, 1.82) is 0 Å². The lowest BCUT2D eigenvalue weighted by molar-refractivity contribution is 0.136. The van der Waals surface area contributed by atoms with Gasteiger partial charge in [0.15, 0.2) is 0 Å². The molecule has 1 saturated heterocycles. The third-order valence-corrected chi connectivity index (χ3v) is 2.54. The van der Waals surface area contributed by atoms with Gasteiger partial charge in [-0.15, -0.1) is 0 Å². The molecule has 1 rings (SSSR count). The molecule has 0 saturated carbocycles. The molecule has 1 N–H and O–H groups in total. The maximum atomic E-state index is 3.50. The molecule has 1 aliphatic rings. The predicted octanol–water partition coefficient (Wildman–Crippen LogP) is 1.47. The van der Waals surface area contributed by atoms with Crippen molar-refractivity contribution in [2.24, 2.45) is 0 Å². The molecule has 1 aliphatic heterocycles. The van der Waals surface area contributed by atoms with Crippen LogP contribution in [-0.4, -0.2) is 36.1 Å². The van der Waals surface area contributed by atoms with Crippen LogP contribution in [0.25, 0.3) is 0 Å². The molecule has 0 aromatic rings. The van der Waals surface area contributed by atoms with Crippen LogP contribution in [0.2, 0.25) is 0 Å². The van der Waals surface area contributed by atoms with E-state index in [9.17, 15) is 0 Å². The summed E-state index contributed by atoms with van der Waals surface area (Å²) in [5.74, 6) is 0. The Hall–Kier alpha value is -0.0800. The molecule has 2 heteroatoms. The van der Waals surface area contributed by atoms with Gasteiger partial charge in [-0.2, -0.15) is 0 Å². The van der Waals surface area contributed by atoms with Gasteiger partial charge in [-0.05, 0) is 47.2 Å². The fraction of sp³-hybridized carbons (Fsp3) is 1.00. The standard InChI is InChI=1S/C10H22N2/c1-9-8-12(10(2,3)4)7-5-6-11-9/h9,11H,5-8H2,1-4H3/t9-/m0/s1. The second-order valence-corrected chi connectivity index (χ2v) is 4.83. The summed E-state index contributed by atoms with van der Waals surface area (Å²) in [6.45, 7) is 12.8. The number of hydrogen-bond acceptors (Lipinski definition) is 2. The van der Waals surface area contributed by atoms with E-state index in [1.54, 1.807) is 0 Å². The lowest BCUT2D eigenvalue weighted by Crippen LogP contribution is -2.45. The van der Waals surface area contributed by atoms with Crippen molar-refractivity contribution in [2.45, 2.75) is 45.7 Å². The van der Waals surface area contributed by atoms with Crippen LogP contribution in [0.3, 0.4) is 0 Å². The highest BCUT2D eigenvalue weighted by atomic mass is 15.2. The monoisotopic (exact) mass is 170 g/mol.